The molecule has 11 nitrogen and oxygen atoms in total. The van der Waals surface area contributed by atoms with E-state index < -0.39 is 0 Å². The topological polar surface area (TPSA) is 129 Å². The average Bonchev–Trinajstić information content (AvgIpc) is 3.46. The van der Waals surface area contributed by atoms with Gasteiger partial charge in [-0.2, -0.15) is 4.52 Å². The van der Waals surface area contributed by atoms with Crippen LogP contribution < -0.4 is 4.74 Å². The maximum atomic E-state index is 9.00. The Labute approximate surface area is 163 Å². The van der Waals surface area contributed by atoms with Crippen LogP contribution in [0.25, 0.3) is 27.9 Å². The zero-order chi connectivity index (χ0) is 19.8. The first-order valence-electron chi connectivity index (χ1n) is 8.93. The number of aromatic nitrogens is 8. The molecule has 11 heteroatoms. The zero-order valence-electron chi connectivity index (χ0n) is 15.4. The largest absolute Gasteiger partial charge is 0.470 e. The third-order valence-electron chi connectivity index (χ3n) is 4.36. The molecule has 0 bridgehead atoms. The molecule has 4 heterocycles. The smallest absolute Gasteiger partial charge is 0.240 e. The van der Waals surface area contributed by atoms with Crippen LogP contribution in [0, 0.1) is 6.92 Å². The van der Waals surface area contributed by atoms with Gasteiger partial charge in [-0.1, -0.05) is 28.6 Å². The quantitative estimate of drug-likeness (QED) is 0.456. The molecule has 5 rings (SSSR count). The van der Waals surface area contributed by atoms with Gasteiger partial charge in [0.15, 0.2) is 11.3 Å². The molecule has 146 valence electrons. The highest BCUT2D eigenvalue weighted by atomic mass is 16.5. The summed E-state index contributed by atoms with van der Waals surface area (Å²) in [6.07, 6.45) is 1.72. The van der Waals surface area contributed by atoms with Gasteiger partial charge in [0.1, 0.15) is 18.1 Å². The molecule has 5 aromatic rings. The molecule has 4 aromatic heterocycles. The van der Waals surface area contributed by atoms with Crippen molar-refractivity contribution in [3.63, 3.8) is 0 Å². The van der Waals surface area contributed by atoms with E-state index in [9.17, 15) is 0 Å². The summed E-state index contributed by atoms with van der Waals surface area (Å²) in [7, 11) is 0. The number of fused-ring (bicyclic) bond motifs is 3. The van der Waals surface area contributed by atoms with Gasteiger partial charge < -0.3 is 14.4 Å². The first kappa shape index (κ1) is 17.3. The van der Waals surface area contributed by atoms with Crippen LogP contribution in [-0.2, 0) is 13.2 Å². The summed E-state index contributed by atoms with van der Waals surface area (Å²) in [4.78, 5) is 0. The minimum Gasteiger partial charge on any atom is -0.470 e. The summed E-state index contributed by atoms with van der Waals surface area (Å²) < 4.78 is 14.3. The normalized spacial score (nSPS) is 11.5. The highest BCUT2D eigenvalue weighted by Gasteiger charge is 2.18. The molecule has 0 saturated carbocycles. The molecule has 0 aliphatic rings. The number of rotatable bonds is 6. The molecule has 0 aliphatic heterocycles. The Hall–Kier alpha value is -3.86. The summed E-state index contributed by atoms with van der Waals surface area (Å²) in [6.45, 7) is 2.35. The second kappa shape index (κ2) is 6.95. The maximum absolute atomic E-state index is 9.00. The lowest BCUT2D eigenvalue weighted by molar-refractivity contribution is 0.268. The first-order valence-corrected chi connectivity index (χ1v) is 8.93. The van der Waals surface area contributed by atoms with Crippen molar-refractivity contribution in [2.45, 2.75) is 20.1 Å². The highest BCUT2D eigenvalue weighted by molar-refractivity contribution is 5.96. The van der Waals surface area contributed by atoms with Crippen LogP contribution in [0.5, 0.6) is 5.88 Å². The van der Waals surface area contributed by atoms with Crippen molar-refractivity contribution in [1.82, 2.24) is 40.0 Å². The Bertz CT molecular complexity index is 1310. The number of aliphatic hydroxyl groups excluding tert-OH is 1. The molecule has 0 radical (unpaired) electrons. The van der Waals surface area contributed by atoms with Crippen molar-refractivity contribution in [2.24, 2.45) is 0 Å². The van der Waals surface area contributed by atoms with Gasteiger partial charge in [-0.15, -0.1) is 20.4 Å². The molecule has 1 N–H and O–H groups in total. The average molecular weight is 392 g/mol. The molecule has 0 aliphatic carbocycles. The van der Waals surface area contributed by atoms with Gasteiger partial charge in [0.05, 0.1) is 19.3 Å². The van der Waals surface area contributed by atoms with E-state index in [0.717, 1.165) is 10.8 Å². The number of aliphatic hydroxyl groups is 1. The van der Waals surface area contributed by atoms with E-state index in [0.29, 0.717) is 41.0 Å². The Morgan fingerprint density at radius 3 is 2.79 bits per heavy atom. The third-order valence-corrected chi connectivity index (χ3v) is 4.36. The van der Waals surface area contributed by atoms with E-state index >= 15 is 0 Å². The van der Waals surface area contributed by atoms with E-state index in [2.05, 4.69) is 30.8 Å². The van der Waals surface area contributed by atoms with Crippen LogP contribution in [0.2, 0.25) is 0 Å². The number of aryl methyl sites for hydroxylation is 1. The summed E-state index contributed by atoms with van der Waals surface area (Å²) in [5.41, 5.74) is 1.76. The highest BCUT2D eigenvalue weighted by Crippen LogP contribution is 2.29. The van der Waals surface area contributed by atoms with Crippen LogP contribution in [-0.4, -0.2) is 51.7 Å². The van der Waals surface area contributed by atoms with Gasteiger partial charge in [0.25, 0.3) is 0 Å². The lowest BCUT2D eigenvalue weighted by Crippen LogP contribution is -2.04. The van der Waals surface area contributed by atoms with Crippen molar-refractivity contribution >= 4 is 16.4 Å². The molecule has 0 unspecified atom stereocenters. The Kier molecular flexibility index (Phi) is 4.13. The number of nitrogens with zero attached hydrogens (tertiary/aromatic N) is 8. The molecule has 0 atom stereocenters. The van der Waals surface area contributed by atoms with Gasteiger partial charge in [-0.25, -0.2) is 4.68 Å². The van der Waals surface area contributed by atoms with Crippen LogP contribution in [0.15, 0.2) is 41.1 Å². The monoisotopic (exact) mass is 392 g/mol. The van der Waals surface area contributed by atoms with Crippen molar-refractivity contribution in [3.05, 3.63) is 48.0 Å². The first-order chi connectivity index (χ1) is 14.2. The summed E-state index contributed by atoms with van der Waals surface area (Å²) in [5.74, 6) is 1.53. The van der Waals surface area contributed by atoms with E-state index in [1.807, 2.05) is 24.3 Å². The number of hydrogen-bond acceptors (Lipinski definition) is 9. The Morgan fingerprint density at radius 1 is 1.14 bits per heavy atom. The van der Waals surface area contributed by atoms with E-state index in [-0.39, 0.29) is 13.2 Å². The van der Waals surface area contributed by atoms with Gasteiger partial charge >= 0.3 is 0 Å². The molecule has 1 aromatic carbocycles. The fraction of sp³-hybridized carbons (Fsp3) is 0.222. The summed E-state index contributed by atoms with van der Waals surface area (Å²) >= 11 is 0. The van der Waals surface area contributed by atoms with Crippen molar-refractivity contribution < 1.29 is 14.4 Å². The predicted octanol–water partition coefficient (Wildman–Crippen LogP) is 1.40. The second-order valence-electron chi connectivity index (χ2n) is 6.42. The van der Waals surface area contributed by atoms with Crippen molar-refractivity contribution in [1.29, 1.82) is 0 Å². The van der Waals surface area contributed by atoms with Gasteiger partial charge in [0.2, 0.25) is 11.7 Å². The molecular weight excluding hydrogens is 376 g/mol. The zero-order valence-corrected chi connectivity index (χ0v) is 15.4. The maximum Gasteiger partial charge on any atom is 0.240 e. The number of benzene rings is 1. The molecule has 29 heavy (non-hydrogen) atoms. The Balaban J connectivity index is 1.57. The summed E-state index contributed by atoms with van der Waals surface area (Å²) in [6, 6.07) is 9.44. The molecule has 0 fully saturated rings. The lowest BCUT2D eigenvalue weighted by atomic mass is 10.2. The van der Waals surface area contributed by atoms with Crippen molar-refractivity contribution in [2.75, 3.05) is 6.61 Å². The number of ether oxygens (including phenoxy) is 1. The molecular formula is C18H16N8O3. The van der Waals surface area contributed by atoms with Crippen LogP contribution in [0.1, 0.15) is 11.5 Å². The predicted molar refractivity (Wildman–Crippen MR) is 100.0 cm³/mol. The van der Waals surface area contributed by atoms with Gasteiger partial charge in [0, 0.05) is 16.8 Å². The number of hydrogen-bond donors (Lipinski definition) is 1. The van der Waals surface area contributed by atoms with Gasteiger partial charge in [-0.05, 0) is 13.0 Å². The van der Waals surface area contributed by atoms with E-state index in [1.54, 1.807) is 28.4 Å². The van der Waals surface area contributed by atoms with E-state index in [1.165, 1.54) is 0 Å². The third kappa shape index (κ3) is 3.06. The fourth-order valence-corrected chi connectivity index (χ4v) is 3.05. The minimum atomic E-state index is -0.00948. The minimum absolute atomic E-state index is 0.00948. The lowest BCUT2D eigenvalue weighted by Gasteiger charge is -2.08. The molecule has 0 saturated heterocycles. The van der Waals surface area contributed by atoms with Crippen LogP contribution in [0.4, 0.5) is 0 Å². The SMILES string of the molecule is Cc1cc(-c2nnc3c4ccccc4c(OCc4cn(CCO)nn4)nn23)no1. The fourth-order valence-electron chi connectivity index (χ4n) is 3.05. The van der Waals surface area contributed by atoms with Crippen molar-refractivity contribution in [3.8, 4) is 17.4 Å². The van der Waals surface area contributed by atoms with Crippen LogP contribution >= 0.6 is 0 Å². The molecule has 0 amide bonds. The van der Waals surface area contributed by atoms with Gasteiger partial charge in [-0.3, -0.25) is 0 Å². The Morgan fingerprint density at radius 2 is 2.00 bits per heavy atom. The van der Waals surface area contributed by atoms with E-state index in [4.69, 9.17) is 14.4 Å². The molecule has 0 spiro atoms. The summed E-state index contributed by atoms with van der Waals surface area (Å²) in [5, 5.41) is 35.8. The van der Waals surface area contributed by atoms with Crippen LogP contribution in [0.3, 0.4) is 0 Å². The standard InChI is InChI=1S/C18H16N8O3/c1-11-8-15(23-29-11)17-21-20-16-13-4-2-3-5-14(13)18(22-26(16)17)28-10-12-9-25(6-7-27)24-19-12/h2-5,8-9,27H,6-7,10H2,1H3. The second-order valence-corrected chi connectivity index (χ2v) is 6.42.